The Hall–Kier alpha value is -2.73. The van der Waals surface area contributed by atoms with Crippen LogP contribution < -0.4 is 5.63 Å². The molecule has 1 atom stereocenters. The van der Waals surface area contributed by atoms with Crippen LogP contribution >= 0.6 is 11.3 Å². The first-order chi connectivity index (χ1) is 14.1. The maximum atomic E-state index is 12.1. The van der Waals surface area contributed by atoms with Gasteiger partial charge in [0.05, 0.1) is 6.10 Å². The summed E-state index contributed by atoms with van der Waals surface area (Å²) in [6.45, 7) is 3.67. The van der Waals surface area contributed by atoms with Gasteiger partial charge in [-0.3, -0.25) is 4.90 Å². The molecule has 148 valence electrons. The summed E-state index contributed by atoms with van der Waals surface area (Å²) >= 11 is 1.58. The Balaban J connectivity index is 1.66. The Bertz CT molecular complexity index is 1140. The third-order valence-corrected chi connectivity index (χ3v) is 5.69. The van der Waals surface area contributed by atoms with Crippen molar-refractivity contribution in [3.8, 4) is 0 Å². The number of thiophene rings is 1. The van der Waals surface area contributed by atoms with E-state index < -0.39 is 6.10 Å². The van der Waals surface area contributed by atoms with Crippen molar-refractivity contribution in [3.63, 3.8) is 0 Å². The van der Waals surface area contributed by atoms with E-state index >= 15 is 0 Å². The zero-order valence-corrected chi connectivity index (χ0v) is 17.1. The Morgan fingerprint density at radius 2 is 1.90 bits per heavy atom. The van der Waals surface area contributed by atoms with E-state index in [-0.39, 0.29) is 5.63 Å². The molecule has 0 amide bonds. The molecule has 0 saturated carbocycles. The maximum absolute atomic E-state index is 12.1. The van der Waals surface area contributed by atoms with Crippen LogP contribution in [-0.2, 0) is 13.1 Å². The predicted molar refractivity (Wildman–Crippen MR) is 117 cm³/mol. The SMILES string of the molecule is Cc1ccc2c(CN(Cc3ccccc3)C[C@H](O)c3ccsc3)cc(=O)oc2c1. The Morgan fingerprint density at radius 3 is 2.66 bits per heavy atom. The number of aliphatic hydroxyl groups is 1. The quantitative estimate of drug-likeness (QED) is 0.445. The maximum Gasteiger partial charge on any atom is 0.336 e. The molecule has 0 radical (unpaired) electrons. The van der Waals surface area contributed by atoms with E-state index in [4.69, 9.17) is 4.42 Å². The lowest BCUT2D eigenvalue weighted by molar-refractivity contribution is 0.105. The zero-order chi connectivity index (χ0) is 20.2. The highest BCUT2D eigenvalue weighted by Gasteiger charge is 2.17. The first-order valence-electron chi connectivity index (χ1n) is 9.58. The van der Waals surface area contributed by atoms with Gasteiger partial charge in [-0.15, -0.1) is 0 Å². The Labute approximate surface area is 173 Å². The largest absolute Gasteiger partial charge is 0.423 e. The molecule has 4 rings (SSSR count). The van der Waals surface area contributed by atoms with Crippen LogP contribution in [-0.4, -0.2) is 16.6 Å². The van der Waals surface area contributed by atoms with E-state index in [1.165, 1.54) is 0 Å². The number of rotatable bonds is 7. The predicted octanol–water partition coefficient (Wildman–Crippen LogP) is 4.90. The molecule has 5 heteroatoms. The number of hydrogen-bond acceptors (Lipinski definition) is 5. The topological polar surface area (TPSA) is 53.7 Å². The van der Waals surface area contributed by atoms with Gasteiger partial charge in [0.2, 0.25) is 0 Å². The van der Waals surface area contributed by atoms with Crippen LogP contribution in [0.15, 0.2) is 80.6 Å². The van der Waals surface area contributed by atoms with Crippen molar-refractivity contribution >= 4 is 22.3 Å². The summed E-state index contributed by atoms with van der Waals surface area (Å²) in [6, 6.07) is 19.6. The Kier molecular flexibility index (Phi) is 5.90. The third kappa shape index (κ3) is 4.82. The monoisotopic (exact) mass is 405 g/mol. The van der Waals surface area contributed by atoms with E-state index in [1.807, 2.05) is 60.1 Å². The van der Waals surface area contributed by atoms with E-state index in [1.54, 1.807) is 17.4 Å². The molecule has 4 nitrogen and oxygen atoms in total. The Morgan fingerprint density at radius 1 is 1.07 bits per heavy atom. The summed E-state index contributed by atoms with van der Waals surface area (Å²) in [5, 5.41) is 15.6. The van der Waals surface area contributed by atoms with Gasteiger partial charge in [-0.1, -0.05) is 42.5 Å². The van der Waals surface area contributed by atoms with Crippen molar-refractivity contribution in [1.82, 2.24) is 4.90 Å². The first-order valence-corrected chi connectivity index (χ1v) is 10.5. The molecule has 0 saturated heterocycles. The van der Waals surface area contributed by atoms with Gasteiger partial charge >= 0.3 is 5.63 Å². The summed E-state index contributed by atoms with van der Waals surface area (Å²) < 4.78 is 5.40. The fourth-order valence-corrected chi connectivity index (χ4v) is 4.26. The molecule has 0 unspecified atom stereocenters. The lowest BCUT2D eigenvalue weighted by Crippen LogP contribution is -2.28. The van der Waals surface area contributed by atoms with Crippen LogP contribution in [0.4, 0.5) is 0 Å². The van der Waals surface area contributed by atoms with E-state index in [0.717, 1.165) is 27.6 Å². The molecule has 2 heterocycles. The van der Waals surface area contributed by atoms with Crippen molar-refractivity contribution < 1.29 is 9.52 Å². The molecule has 0 fully saturated rings. The number of aryl methyl sites for hydroxylation is 1. The van der Waals surface area contributed by atoms with E-state index in [2.05, 4.69) is 17.0 Å². The van der Waals surface area contributed by atoms with Crippen LogP contribution in [0, 0.1) is 6.92 Å². The number of fused-ring (bicyclic) bond motifs is 1. The summed E-state index contributed by atoms with van der Waals surface area (Å²) in [5.41, 5.74) is 4.28. The first kappa shape index (κ1) is 19.6. The molecular formula is C24H23NO3S. The van der Waals surface area contributed by atoms with Crippen LogP contribution in [0.2, 0.25) is 0 Å². The summed E-state index contributed by atoms with van der Waals surface area (Å²) in [7, 11) is 0. The molecule has 4 aromatic rings. The molecule has 0 aliphatic carbocycles. The second-order valence-electron chi connectivity index (χ2n) is 7.32. The summed E-state index contributed by atoms with van der Waals surface area (Å²) in [5.74, 6) is 0. The standard InChI is InChI=1S/C24H23NO3S/c1-17-7-8-21-20(12-24(27)28-23(21)11-17)14-25(13-18-5-3-2-4-6-18)15-22(26)19-9-10-29-16-19/h2-12,16,22,26H,13-15H2,1H3/t22-/m0/s1. The van der Waals surface area contributed by atoms with E-state index in [9.17, 15) is 9.90 Å². The number of aliphatic hydroxyl groups excluding tert-OH is 1. The van der Waals surface area contributed by atoms with Crippen LogP contribution in [0.1, 0.15) is 28.4 Å². The van der Waals surface area contributed by atoms with Gasteiger partial charge in [0.25, 0.3) is 0 Å². The highest BCUT2D eigenvalue weighted by molar-refractivity contribution is 7.07. The van der Waals surface area contributed by atoms with Gasteiger partial charge in [0.15, 0.2) is 0 Å². The van der Waals surface area contributed by atoms with Crippen molar-refractivity contribution in [2.24, 2.45) is 0 Å². The average molecular weight is 406 g/mol. The van der Waals surface area contributed by atoms with Gasteiger partial charge in [-0.25, -0.2) is 4.79 Å². The van der Waals surface area contributed by atoms with Gasteiger partial charge < -0.3 is 9.52 Å². The van der Waals surface area contributed by atoms with Crippen LogP contribution in [0.3, 0.4) is 0 Å². The molecule has 0 aliphatic rings. The number of hydrogen-bond donors (Lipinski definition) is 1. The normalized spacial score (nSPS) is 12.5. The fraction of sp³-hybridized carbons (Fsp3) is 0.208. The molecule has 0 bridgehead atoms. The van der Waals surface area contributed by atoms with Crippen molar-refractivity contribution in [2.75, 3.05) is 6.54 Å². The van der Waals surface area contributed by atoms with Gasteiger partial charge in [-0.05, 0) is 52.1 Å². The second-order valence-corrected chi connectivity index (χ2v) is 8.10. The second kappa shape index (κ2) is 8.74. The van der Waals surface area contributed by atoms with Gasteiger partial charge in [0, 0.05) is 31.1 Å². The van der Waals surface area contributed by atoms with Crippen LogP contribution in [0.25, 0.3) is 11.0 Å². The number of nitrogens with zero attached hydrogens (tertiary/aromatic N) is 1. The fourth-order valence-electron chi connectivity index (χ4n) is 3.55. The lowest BCUT2D eigenvalue weighted by atomic mass is 10.1. The number of benzene rings is 2. The van der Waals surface area contributed by atoms with Crippen molar-refractivity contribution in [2.45, 2.75) is 26.1 Å². The molecular weight excluding hydrogens is 382 g/mol. The minimum absolute atomic E-state index is 0.351. The van der Waals surface area contributed by atoms with Crippen molar-refractivity contribution in [3.05, 3.63) is 104 Å². The summed E-state index contributed by atoms with van der Waals surface area (Å²) in [4.78, 5) is 14.3. The molecule has 1 N–H and O–H groups in total. The lowest BCUT2D eigenvalue weighted by Gasteiger charge is -2.25. The van der Waals surface area contributed by atoms with Crippen LogP contribution in [0.5, 0.6) is 0 Å². The zero-order valence-electron chi connectivity index (χ0n) is 16.2. The molecule has 2 aromatic heterocycles. The average Bonchev–Trinajstić information content (AvgIpc) is 3.23. The van der Waals surface area contributed by atoms with Crippen molar-refractivity contribution in [1.29, 1.82) is 0 Å². The molecule has 0 spiro atoms. The van der Waals surface area contributed by atoms with Gasteiger partial charge in [0.1, 0.15) is 5.58 Å². The van der Waals surface area contributed by atoms with E-state index in [0.29, 0.717) is 25.2 Å². The summed E-state index contributed by atoms with van der Waals surface area (Å²) in [6.07, 6.45) is -0.585. The highest BCUT2D eigenvalue weighted by Crippen LogP contribution is 2.23. The molecule has 0 aliphatic heterocycles. The minimum atomic E-state index is -0.585. The molecule has 29 heavy (non-hydrogen) atoms. The highest BCUT2D eigenvalue weighted by atomic mass is 32.1. The van der Waals surface area contributed by atoms with Gasteiger partial charge in [-0.2, -0.15) is 11.3 Å². The third-order valence-electron chi connectivity index (χ3n) is 4.99. The molecule has 2 aromatic carbocycles. The minimum Gasteiger partial charge on any atom is -0.423 e. The smallest absolute Gasteiger partial charge is 0.336 e.